The molecule has 3 heterocycles. The molecule has 23 heavy (non-hydrogen) atoms. The summed E-state index contributed by atoms with van der Waals surface area (Å²) >= 11 is 0. The van der Waals surface area contributed by atoms with Gasteiger partial charge in [0.05, 0.1) is 12.0 Å². The van der Waals surface area contributed by atoms with Gasteiger partial charge in [-0.15, -0.1) is 0 Å². The minimum Gasteiger partial charge on any atom is -0.377 e. The SMILES string of the molecule is CC[C@@H]1OCCC[C@@H]1C(=O)N1CCC(N2CCCNC2=O)CC1. The molecule has 0 aromatic heterocycles. The Morgan fingerprint density at radius 1 is 1.22 bits per heavy atom. The number of hydrogen-bond acceptors (Lipinski definition) is 3. The molecule has 0 bridgehead atoms. The maximum atomic E-state index is 12.8. The van der Waals surface area contributed by atoms with E-state index >= 15 is 0 Å². The van der Waals surface area contributed by atoms with Crippen molar-refractivity contribution in [2.75, 3.05) is 32.8 Å². The molecule has 0 saturated carbocycles. The third-order valence-corrected chi connectivity index (χ3v) is 5.49. The second-order valence-corrected chi connectivity index (χ2v) is 6.90. The van der Waals surface area contributed by atoms with E-state index in [-0.39, 0.29) is 30.0 Å². The molecule has 2 atom stereocenters. The van der Waals surface area contributed by atoms with Crippen LogP contribution in [0.15, 0.2) is 0 Å². The Labute approximate surface area is 138 Å². The van der Waals surface area contributed by atoms with Crippen LogP contribution in [0.1, 0.15) is 45.4 Å². The summed E-state index contributed by atoms with van der Waals surface area (Å²) in [6, 6.07) is 0.344. The average Bonchev–Trinajstić information content (AvgIpc) is 2.61. The number of nitrogens with one attached hydrogen (secondary N) is 1. The second-order valence-electron chi connectivity index (χ2n) is 6.90. The largest absolute Gasteiger partial charge is 0.377 e. The van der Waals surface area contributed by atoms with Crippen molar-refractivity contribution in [3.8, 4) is 0 Å². The van der Waals surface area contributed by atoms with Gasteiger partial charge in [-0.3, -0.25) is 4.79 Å². The fourth-order valence-corrected chi connectivity index (χ4v) is 4.15. The van der Waals surface area contributed by atoms with Crippen molar-refractivity contribution >= 4 is 11.9 Å². The summed E-state index contributed by atoms with van der Waals surface area (Å²) in [5, 5.41) is 2.92. The van der Waals surface area contributed by atoms with Crippen LogP contribution in [-0.4, -0.2) is 66.7 Å². The molecule has 0 unspecified atom stereocenters. The lowest BCUT2D eigenvalue weighted by atomic mass is 9.90. The van der Waals surface area contributed by atoms with Crippen molar-refractivity contribution in [3.05, 3.63) is 0 Å². The summed E-state index contributed by atoms with van der Waals surface area (Å²) in [5.41, 5.74) is 0. The zero-order valence-corrected chi connectivity index (χ0v) is 14.1. The van der Waals surface area contributed by atoms with Crippen LogP contribution in [0.25, 0.3) is 0 Å². The van der Waals surface area contributed by atoms with E-state index in [2.05, 4.69) is 12.2 Å². The van der Waals surface area contributed by atoms with Crippen LogP contribution >= 0.6 is 0 Å². The number of carbonyl (C=O) groups excluding carboxylic acids is 2. The fourth-order valence-electron chi connectivity index (χ4n) is 4.15. The average molecular weight is 323 g/mol. The zero-order valence-electron chi connectivity index (χ0n) is 14.1. The molecule has 1 N–H and O–H groups in total. The molecule has 0 radical (unpaired) electrons. The van der Waals surface area contributed by atoms with Gasteiger partial charge in [0.2, 0.25) is 5.91 Å². The smallest absolute Gasteiger partial charge is 0.317 e. The number of piperidine rings is 1. The van der Waals surface area contributed by atoms with Crippen molar-refractivity contribution in [3.63, 3.8) is 0 Å². The molecule has 0 aliphatic carbocycles. The highest BCUT2D eigenvalue weighted by Crippen LogP contribution is 2.27. The lowest BCUT2D eigenvalue weighted by Gasteiger charge is -2.42. The topological polar surface area (TPSA) is 61.9 Å². The number of carbonyl (C=O) groups is 2. The van der Waals surface area contributed by atoms with Crippen molar-refractivity contribution in [2.24, 2.45) is 5.92 Å². The number of urea groups is 1. The zero-order chi connectivity index (χ0) is 16.2. The Balaban J connectivity index is 1.53. The number of likely N-dealkylation sites (tertiary alicyclic amines) is 1. The van der Waals surface area contributed by atoms with Crippen LogP contribution in [0.4, 0.5) is 4.79 Å². The van der Waals surface area contributed by atoms with Gasteiger partial charge < -0.3 is 19.9 Å². The Bertz CT molecular complexity index is 435. The van der Waals surface area contributed by atoms with Crippen molar-refractivity contribution < 1.29 is 14.3 Å². The standard InChI is InChI=1S/C17H29N3O3/c1-2-15-14(5-3-12-23-15)16(21)19-10-6-13(7-11-19)20-9-4-8-18-17(20)22/h13-15H,2-12H2,1H3,(H,18,22)/t14-,15-/m0/s1. The molecule has 130 valence electrons. The molecule has 0 spiro atoms. The third-order valence-electron chi connectivity index (χ3n) is 5.49. The van der Waals surface area contributed by atoms with Gasteiger partial charge in [-0.1, -0.05) is 6.92 Å². The number of nitrogens with zero attached hydrogens (tertiary/aromatic N) is 2. The fraction of sp³-hybridized carbons (Fsp3) is 0.882. The number of hydrogen-bond donors (Lipinski definition) is 1. The van der Waals surface area contributed by atoms with E-state index in [4.69, 9.17) is 4.74 Å². The van der Waals surface area contributed by atoms with Crippen molar-refractivity contribution in [1.29, 1.82) is 0 Å². The number of ether oxygens (including phenoxy) is 1. The van der Waals surface area contributed by atoms with Gasteiger partial charge in [0.15, 0.2) is 0 Å². The van der Waals surface area contributed by atoms with Gasteiger partial charge in [-0.2, -0.15) is 0 Å². The van der Waals surface area contributed by atoms with Crippen LogP contribution in [0, 0.1) is 5.92 Å². The van der Waals surface area contributed by atoms with Crippen molar-refractivity contribution in [1.82, 2.24) is 15.1 Å². The minimum absolute atomic E-state index is 0.0311. The van der Waals surface area contributed by atoms with Gasteiger partial charge in [0.1, 0.15) is 0 Å². The molecule has 3 aliphatic heterocycles. The Morgan fingerprint density at radius 3 is 2.70 bits per heavy atom. The maximum absolute atomic E-state index is 12.8. The predicted molar refractivity (Wildman–Crippen MR) is 87.1 cm³/mol. The number of amides is 3. The highest BCUT2D eigenvalue weighted by atomic mass is 16.5. The predicted octanol–water partition coefficient (Wildman–Crippen LogP) is 1.60. The van der Waals surface area contributed by atoms with Crippen LogP contribution in [0.2, 0.25) is 0 Å². The quantitative estimate of drug-likeness (QED) is 0.858. The lowest BCUT2D eigenvalue weighted by Crippen LogP contribution is -2.55. The van der Waals surface area contributed by atoms with Gasteiger partial charge in [-0.25, -0.2) is 4.79 Å². The van der Waals surface area contributed by atoms with E-state index in [1.807, 2.05) is 9.80 Å². The summed E-state index contributed by atoms with van der Waals surface area (Å²) in [6.07, 6.45) is 5.72. The Morgan fingerprint density at radius 2 is 2.00 bits per heavy atom. The van der Waals surface area contributed by atoms with E-state index in [0.717, 1.165) is 71.3 Å². The molecular formula is C17H29N3O3. The van der Waals surface area contributed by atoms with Crippen LogP contribution < -0.4 is 5.32 Å². The highest BCUT2D eigenvalue weighted by molar-refractivity contribution is 5.80. The maximum Gasteiger partial charge on any atom is 0.317 e. The van der Waals surface area contributed by atoms with E-state index in [9.17, 15) is 9.59 Å². The van der Waals surface area contributed by atoms with Gasteiger partial charge >= 0.3 is 6.03 Å². The summed E-state index contributed by atoms with van der Waals surface area (Å²) in [7, 11) is 0. The monoisotopic (exact) mass is 323 g/mol. The van der Waals surface area contributed by atoms with Crippen molar-refractivity contribution in [2.45, 2.75) is 57.6 Å². The molecule has 6 nitrogen and oxygen atoms in total. The molecule has 6 heteroatoms. The van der Waals surface area contributed by atoms with Gasteiger partial charge in [-0.05, 0) is 38.5 Å². The van der Waals surface area contributed by atoms with Gasteiger partial charge in [0.25, 0.3) is 0 Å². The molecule has 3 fully saturated rings. The first-order valence-corrected chi connectivity index (χ1v) is 9.15. The van der Waals surface area contributed by atoms with E-state index in [0.29, 0.717) is 0 Å². The molecular weight excluding hydrogens is 294 g/mol. The number of rotatable bonds is 3. The van der Waals surface area contributed by atoms with Gasteiger partial charge in [0, 0.05) is 38.8 Å². The first kappa shape index (κ1) is 16.6. The third kappa shape index (κ3) is 3.62. The Hall–Kier alpha value is -1.30. The van der Waals surface area contributed by atoms with E-state index in [1.54, 1.807) is 0 Å². The first-order valence-electron chi connectivity index (χ1n) is 9.15. The van der Waals surface area contributed by atoms with Crippen LogP contribution in [-0.2, 0) is 9.53 Å². The molecule has 3 amide bonds. The Kier molecular flexibility index (Phi) is 5.41. The minimum atomic E-state index is 0.0311. The van der Waals surface area contributed by atoms with E-state index in [1.165, 1.54) is 0 Å². The molecule has 3 saturated heterocycles. The highest BCUT2D eigenvalue weighted by Gasteiger charge is 2.36. The molecule has 0 aromatic carbocycles. The second kappa shape index (κ2) is 7.51. The first-order chi connectivity index (χ1) is 11.2. The summed E-state index contributed by atoms with van der Waals surface area (Å²) in [4.78, 5) is 28.7. The summed E-state index contributed by atoms with van der Waals surface area (Å²) < 4.78 is 5.77. The van der Waals surface area contributed by atoms with Crippen LogP contribution in [0.5, 0.6) is 0 Å². The summed E-state index contributed by atoms with van der Waals surface area (Å²) in [5.74, 6) is 0.293. The van der Waals surface area contributed by atoms with E-state index < -0.39 is 0 Å². The molecule has 3 aliphatic rings. The lowest BCUT2D eigenvalue weighted by molar-refractivity contribution is -0.146. The van der Waals surface area contributed by atoms with Crippen LogP contribution in [0.3, 0.4) is 0 Å². The normalized spacial score (nSPS) is 30.2. The molecule has 0 aromatic rings. The summed E-state index contributed by atoms with van der Waals surface area (Å²) in [6.45, 7) is 6.04. The molecule has 3 rings (SSSR count).